The SMILES string of the molecule is CN1CCCC1CNC(=O)CC1CCCC(N)C1. The summed E-state index contributed by atoms with van der Waals surface area (Å²) in [5, 5.41) is 3.10. The minimum atomic E-state index is 0.217. The third-order valence-electron chi connectivity index (χ3n) is 4.50. The molecule has 1 heterocycles. The van der Waals surface area contributed by atoms with Gasteiger partial charge in [-0.25, -0.2) is 0 Å². The standard InChI is InChI=1S/C14H27N3O/c1-17-7-3-6-13(17)10-16-14(18)9-11-4-2-5-12(15)8-11/h11-13H,2-10,15H2,1H3,(H,16,18). The average molecular weight is 253 g/mol. The molecule has 0 aromatic rings. The van der Waals surface area contributed by atoms with E-state index in [1.54, 1.807) is 0 Å². The molecule has 2 aliphatic rings. The molecule has 104 valence electrons. The Morgan fingerprint density at radius 3 is 2.83 bits per heavy atom. The lowest BCUT2D eigenvalue weighted by atomic mass is 9.84. The molecule has 3 unspecified atom stereocenters. The monoisotopic (exact) mass is 253 g/mol. The predicted octanol–water partition coefficient (Wildman–Crippen LogP) is 1.10. The van der Waals surface area contributed by atoms with Crippen LogP contribution in [-0.2, 0) is 4.79 Å². The highest BCUT2D eigenvalue weighted by atomic mass is 16.1. The number of amides is 1. The Bertz CT molecular complexity index is 282. The van der Waals surface area contributed by atoms with E-state index in [4.69, 9.17) is 5.73 Å². The van der Waals surface area contributed by atoms with Gasteiger partial charge in [0, 0.05) is 25.0 Å². The number of nitrogens with zero attached hydrogens (tertiary/aromatic N) is 1. The topological polar surface area (TPSA) is 58.4 Å². The molecule has 0 bridgehead atoms. The fourth-order valence-corrected chi connectivity index (χ4v) is 3.32. The van der Waals surface area contributed by atoms with Crippen LogP contribution in [0.1, 0.15) is 44.9 Å². The first kappa shape index (κ1) is 13.8. The van der Waals surface area contributed by atoms with Gasteiger partial charge in [0.25, 0.3) is 0 Å². The molecule has 4 nitrogen and oxygen atoms in total. The quantitative estimate of drug-likeness (QED) is 0.789. The first-order valence-electron chi connectivity index (χ1n) is 7.37. The van der Waals surface area contributed by atoms with Crippen LogP contribution < -0.4 is 11.1 Å². The first-order valence-corrected chi connectivity index (χ1v) is 7.37. The molecular weight excluding hydrogens is 226 g/mol. The number of rotatable bonds is 4. The highest BCUT2D eigenvalue weighted by molar-refractivity contribution is 5.76. The summed E-state index contributed by atoms with van der Waals surface area (Å²) in [7, 11) is 2.14. The van der Waals surface area contributed by atoms with Gasteiger partial charge in [0.15, 0.2) is 0 Å². The fraction of sp³-hybridized carbons (Fsp3) is 0.929. The van der Waals surface area contributed by atoms with E-state index in [2.05, 4.69) is 17.3 Å². The predicted molar refractivity (Wildman–Crippen MR) is 73.2 cm³/mol. The lowest BCUT2D eigenvalue weighted by molar-refractivity contribution is -0.122. The maximum absolute atomic E-state index is 11.9. The minimum Gasteiger partial charge on any atom is -0.355 e. The van der Waals surface area contributed by atoms with Crippen LogP contribution in [-0.4, -0.2) is 43.0 Å². The lowest BCUT2D eigenvalue weighted by Crippen LogP contribution is -2.39. The van der Waals surface area contributed by atoms with E-state index in [-0.39, 0.29) is 5.91 Å². The van der Waals surface area contributed by atoms with Crippen molar-refractivity contribution in [3.05, 3.63) is 0 Å². The van der Waals surface area contributed by atoms with Crippen molar-refractivity contribution in [1.82, 2.24) is 10.2 Å². The van der Waals surface area contributed by atoms with Gasteiger partial charge in [-0.05, 0) is 51.6 Å². The Morgan fingerprint density at radius 2 is 2.17 bits per heavy atom. The number of hydrogen-bond donors (Lipinski definition) is 2. The van der Waals surface area contributed by atoms with E-state index < -0.39 is 0 Å². The second-order valence-electron chi connectivity index (χ2n) is 6.08. The van der Waals surface area contributed by atoms with Gasteiger partial charge in [-0.2, -0.15) is 0 Å². The van der Waals surface area contributed by atoms with Crippen molar-refractivity contribution in [3.8, 4) is 0 Å². The van der Waals surface area contributed by atoms with Crippen LogP contribution in [0.15, 0.2) is 0 Å². The first-order chi connectivity index (χ1) is 8.65. The van der Waals surface area contributed by atoms with Gasteiger partial charge in [0.1, 0.15) is 0 Å². The van der Waals surface area contributed by atoms with Crippen LogP contribution in [0, 0.1) is 5.92 Å². The van der Waals surface area contributed by atoms with E-state index in [0.717, 1.165) is 25.9 Å². The molecule has 4 heteroatoms. The lowest BCUT2D eigenvalue weighted by Gasteiger charge is -2.26. The summed E-state index contributed by atoms with van der Waals surface area (Å²) in [4.78, 5) is 14.3. The van der Waals surface area contributed by atoms with Crippen LogP contribution in [0.5, 0.6) is 0 Å². The van der Waals surface area contributed by atoms with Crippen molar-refractivity contribution in [2.75, 3.05) is 20.1 Å². The number of likely N-dealkylation sites (tertiary alicyclic amines) is 1. The number of carbonyl (C=O) groups excluding carboxylic acids is 1. The molecule has 18 heavy (non-hydrogen) atoms. The summed E-state index contributed by atoms with van der Waals surface area (Å²) in [6.45, 7) is 1.98. The Balaban J connectivity index is 1.65. The third kappa shape index (κ3) is 3.95. The van der Waals surface area contributed by atoms with Gasteiger partial charge in [0.05, 0.1) is 0 Å². The molecule has 0 aromatic heterocycles. The number of carbonyl (C=O) groups is 1. The zero-order chi connectivity index (χ0) is 13.0. The van der Waals surface area contributed by atoms with Crippen molar-refractivity contribution < 1.29 is 4.79 Å². The van der Waals surface area contributed by atoms with Crippen LogP contribution in [0.2, 0.25) is 0 Å². The molecule has 1 saturated carbocycles. The van der Waals surface area contributed by atoms with Crippen molar-refractivity contribution >= 4 is 5.91 Å². The van der Waals surface area contributed by atoms with E-state index in [9.17, 15) is 4.79 Å². The van der Waals surface area contributed by atoms with Crippen LogP contribution in [0.25, 0.3) is 0 Å². The average Bonchev–Trinajstić information content (AvgIpc) is 2.72. The van der Waals surface area contributed by atoms with Crippen LogP contribution in [0.4, 0.5) is 0 Å². The summed E-state index contributed by atoms with van der Waals surface area (Å²) in [6, 6.07) is 0.861. The summed E-state index contributed by atoms with van der Waals surface area (Å²) in [6.07, 6.45) is 7.65. The van der Waals surface area contributed by atoms with E-state index in [1.807, 2.05) is 0 Å². The molecule has 2 fully saturated rings. The Hall–Kier alpha value is -0.610. The van der Waals surface area contributed by atoms with Gasteiger partial charge < -0.3 is 16.0 Å². The van der Waals surface area contributed by atoms with E-state index in [0.29, 0.717) is 24.4 Å². The van der Waals surface area contributed by atoms with Gasteiger partial charge in [-0.3, -0.25) is 4.79 Å². The van der Waals surface area contributed by atoms with E-state index in [1.165, 1.54) is 25.7 Å². The van der Waals surface area contributed by atoms with Crippen molar-refractivity contribution in [2.45, 2.75) is 57.0 Å². The third-order valence-corrected chi connectivity index (χ3v) is 4.50. The fourth-order valence-electron chi connectivity index (χ4n) is 3.32. The number of likely N-dealkylation sites (N-methyl/N-ethyl adjacent to an activating group) is 1. The van der Waals surface area contributed by atoms with Crippen LogP contribution >= 0.6 is 0 Å². The second-order valence-corrected chi connectivity index (χ2v) is 6.08. The molecule has 2 rings (SSSR count). The van der Waals surface area contributed by atoms with Crippen molar-refractivity contribution in [2.24, 2.45) is 11.7 Å². The summed E-state index contributed by atoms with van der Waals surface area (Å²) in [5.74, 6) is 0.726. The number of nitrogens with two attached hydrogens (primary N) is 1. The minimum absolute atomic E-state index is 0.217. The Labute approximate surface area is 110 Å². The van der Waals surface area contributed by atoms with E-state index >= 15 is 0 Å². The molecule has 1 amide bonds. The molecule has 0 aromatic carbocycles. The Morgan fingerprint density at radius 1 is 1.33 bits per heavy atom. The van der Waals surface area contributed by atoms with Crippen molar-refractivity contribution in [1.29, 1.82) is 0 Å². The van der Waals surface area contributed by atoms with Crippen LogP contribution in [0.3, 0.4) is 0 Å². The highest BCUT2D eigenvalue weighted by Gasteiger charge is 2.24. The highest BCUT2D eigenvalue weighted by Crippen LogP contribution is 2.25. The second kappa shape index (κ2) is 6.53. The molecule has 1 saturated heterocycles. The number of hydrogen-bond acceptors (Lipinski definition) is 3. The van der Waals surface area contributed by atoms with Gasteiger partial charge in [-0.1, -0.05) is 6.42 Å². The molecule has 3 N–H and O–H groups in total. The molecule has 0 radical (unpaired) electrons. The normalized spacial score (nSPS) is 33.6. The molecule has 1 aliphatic carbocycles. The van der Waals surface area contributed by atoms with Gasteiger partial charge in [0.2, 0.25) is 5.91 Å². The Kier molecular flexibility index (Phi) is 5.01. The molecule has 1 aliphatic heterocycles. The molecular formula is C14H27N3O. The molecule has 3 atom stereocenters. The maximum Gasteiger partial charge on any atom is 0.220 e. The zero-order valence-electron chi connectivity index (χ0n) is 11.5. The summed E-state index contributed by atoms with van der Waals surface area (Å²) < 4.78 is 0. The van der Waals surface area contributed by atoms with Crippen molar-refractivity contribution in [3.63, 3.8) is 0 Å². The summed E-state index contributed by atoms with van der Waals surface area (Å²) in [5.41, 5.74) is 5.95. The molecule has 0 spiro atoms. The van der Waals surface area contributed by atoms with Gasteiger partial charge in [-0.15, -0.1) is 0 Å². The maximum atomic E-state index is 11.9. The smallest absolute Gasteiger partial charge is 0.220 e. The number of nitrogens with one attached hydrogen (secondary N) is 1. The zero-order valence-corrected chi connectivity index (χ0v) is 11.5. The largest absolute Gasteiger partial charge is 0.355 e. The summed E-state index contributed by atoms with van der Waals surface area (Å²) >= 11 is 0. The van der Waals surface area contributed by atoms with Gasteiger partial charge >= 0.3 is 0 Å².